The second kappa shape index (κ2) is 8.66. The van der Waals surface area contributed by atoms with Crippen molar-refractivity contribution in [2.75, 3.05) is 5.32 Å². The zero-order chi connectivity index (χ0) is 22.8. The minimum Gasteiger partial charge on any atom is -0.455 e. The van der Waals surface area contributed by atoms with Crippen LogP contribution in [-0.4, -0.2) is 27.5 Å². The van der Waals surface area contributed by atoms with Gasteiger partial charge in [0.05, 0.1) is 22.5 Å². The van der Waals surface area contributed by atoms with E-state index in [4.69, 9.17) is 4.42 Å². The van der Waals surface area contributed by atoms with Crippen LogP contribution in [0, 0.1) is 6.92 Å². The van der Waals surface area contributed by atoms with Gasteiger partial charge in [0.2, 0.25) is 0 Å². The summed E-state index contributed by atoms with van der Waals surface area (Å²) in [6, 6.07) is 12.8. The lowest BCUT2D eigenvalue weighted by Gasteiger charge is -2.13. The third kappa shape index (κ3) is 3.98. The fraction of sp³-hybridized carbons (Fsp3) is 0.160. The third-order valence-corrected chi connectivity index (χ3v) is 5.63. The molecule has 1 aliphatic rings. The molecule has 0 fully saturated rings. The van der Waals surface area contributed by atoms with E-state index >= 15 is 0 Å². The molecule has 0 spiro atoms. The summed E-state index contributed by atoms with van der Waals surface area (Å²) in [5.74, 6) is 0.250. The Labute approximate surface area is 189 Å². The second-order valence-electron chi connectivity index (χ2n) is 7.78. The number of aromatic nitrogens is 2. The molecular formula is C25H21N5O3. The van der Waals surface area contributed by atoms with Gasteiger partial charge in [0.25, 0.3) is 11.8 Å². The molecule has 0 saturated carbocycles. The number of benzene rings is 1. The highest BCUT2D eigenvalue weighted by molar-refractivity contribution is 6.11. The van der Waals surface area contributed by atoms with E-state index < -0.39 is 0 Å². The van der Waals surface area contributed by atoms with Gasteiger partial charge in [-0.05, 0) is 44.0 Å². The SMILES string of the molecule is Cc1c(C(=O)Nc2cccc3cccnc23)oc2c1/C(=N/NC(=O)c1cccnc1)CCC2. The van der Waals surface area contributed by atoms with E-state index in [0.717, 1.165) is 17.4 Å². The van der Waals surface area contributed by atoms with E-state index in [1.54, 1.807) is 24.5 Å². The second-order valence-corrected chi connectivity index (χ2v) is 7.78. The lowest BCUT2D eigenvalue weighted by molar-refractivity contribution is 0.0953. The molecule has 8 heteroatoms. The molecule has 33 heavy (non-hydrogen) atoms. The van der Waals surface area contributed by atoms with E-state index in [1.165, 1.54) is 6.20 Å². The number of hydrazone groups is 1. The number of hydrogen-bond acceptors (Lipinski definition) is 6. The molecule has 2 amide bonds. The van der Waals surface area contributed by atoms with Crippen molar-refractivity contribution >= 4 is 34.1 Å². The standard InChI is InChI=1S/C25H21N5O3/c1-15-21-18(29-30-24(31)17-8-4-12-26-14-17)9-3-11-20(21)33-23(15)25(32)28-19-10-2-6-16-7-5-13-27-22(16)19/h2,4-8,10,12-14H,3,9,11H2,1H3,(H,28,32)(H,30,31)/b29-18+. The predicted octanol–water partition coefficient (Wildman–Crippen LogP) is 4.25. The first-order chi connectivity index (χ1) is 16.1. The fourth-order valence-corrected chi connectivity index (χ4v) is 4.06. The van der Waals surface area contributed by atoms with Gasteiger partial charge in [-0.2, -0.15) is 5.10 Å². The van der Waals surface area contributed by atoms with Crippen LogP contribution in [0.25, 0.3) is 10.9 Å². The van der Waals surface area contributed by atoms with Gasteiger partial charge in [-0.3, -0.25) is 19.6 Å². The maximum atomic E-state index is 13.1. The number of rotatable bonds is 4. The number of carbonyl (C=O) groups is 2. The molecule has 3 heterocycles. The van der Waals surface area contributed by atoms with Crippen molar-refractivity contribution in [2.24, 2.45) is 5.10 Å². The molecule has 0 aliphatic heterocycles. The van der Waals surface area contributed by atoms with Crippen molar-refractivity contribution in [1.82, 2.24) is 15.4 Å². The minimum absolute atomic E-state index is 0.237. The molecule has 2 N–H and O–H groups in total. The quantitative estimate of drug-likeness (QED) is 0.462. The van der Waals surface area contributed by atoms with Crippen molar-refractivity contribution in [3.05, 3.63) is 89.3 Å². The smallest absolute Gasteiger partial charge is 0.291 e. The van der Waals surface area contributed by atoms with Crippen LogP contribution in [0.5, 0.6) is 0 Å². The van der Waals surface area contributed by atoms with E-state index in [9.17, 15) is 9.59 Å². The molecule has 5 rings (SSSR count). The molecule has 0 saturated heterocycles. The van der Waals surface area contributed by atoms with Crippen LogP contribution in [0.1, 0.15) is 50.6 Å². The summed E-state index contributed by atoms with van der Waals surface area (Å²) in [5, 5.41) is 8.21. The number of fused-ring (bicyclic) bond motifs is 2. The molecular weight excluding hydrogens is 418 g/mol. The van der Waals surface area contributed by atoms with Crippen molar-refractivity contribution in [1.29, 1.82) is 0 Å². The Kier molecular flexibility index (Phi) is 5.40. The average molecular weight is 439 g/mol. The number of anilines is 1. The Morgan fingerprint density at radius 1 is 1.03 bits per heavy atom. The molecule has 8 nitrogen and oxygen atoms in total. The molecule has 0 bridgehead atoms. The number of hydrogen-bond donors (Lipinski definition) is 2. The number of furan rings is 1. The molecule has 0 radical (unpaired) electrons. The molecule has 3 aromatic heterocycles. The zero-order valence-corrected chi connectivity index (χ0v) is 18.0. The fourth-order valence-electron chi connectivity index (χ4n) is 4.06. The van der Waals surface area contributed by atoms with Gasteiger partial charge in [0.15, 0.2) is 5.76 Å². The van der Waals surface area contributed by atoms with E-state index in [2.05, 4.69) is 25.8 Å². The van der Waals surface area contributed by atoms with Gasteiger partial charge < -0.3 is 9.73 Å². The van der Waals surface area contributed by atoms with E-state index in [1.807, 2.05) is 37.3 Å². The van der Waals surface area contributed by atoms with Crippen molar-refractivity contribution in [3.8, 4) is 0 Å². The Hall–Kier alpha value is -4.33. The number of aryl methyl sites for hydroxylation is 1. The Morgan fingerprint density at radius 2 is 1.88 bits per heavy atom. The third-order valence-electron chi connectivity index (χ3n) is 5.63. The van der Waals surface area contributed by atoms with Gasteiger partial charge in [-0.15, -0.1) is 0 Å². The number of pyridine rings is 2. The number of nitrogens with zero attached hydrogens (tertiary/aromatic N) is 3. The number of carbonyl (C=O) groups excluding carboxylic acids is 2. The van der Waals surface area contributed by atoms with Crippen molar-refractivity contribution in [2.45, 2.75) is 26.2 Å². The average Bonchev–Trinajstić information content (AvgIpc) is 3.20. The molecule has 164 valence electrons. The summed E-state index contributed by atoms with van der Waals surface area (Å²) >= 11 is 0. The molecule has 1 aromatic carbocycles. The Morgan fingerprint density at radius 3 is 2.73 bits per heavy atom. The minimum atomic E-state index is -0.348. The van der Waals surface area contributed by atoms with Crippen LogP contribution in [0.4, 0.5) is 5.69 Å². The summed E-state index contributed by atoms with van der Waals surface area (Å²) in [6.07, 6.45) is 6.97. The van der Waals surface area contributed by atoms with Crippen LogP contribution in [0.15, 0.2) is 70.6 Å². The summed E-state index contributed by atoms with van der Waals surface area (Å²) in [6.45, 7) is 1.84. The molecule has 1 aliphatic carbocycles. The first kappa shape index (κ1) is 20.6. The number of para-hydroxylation sites is 1. The maximum absolute atomic E-state index is 13.1. The zero-order valence-electron chi connectivity index (χ0n) is 18.0. The molecule has 4 aromatic rings. The van der Waals surface area contributed by atoms with Gasteiger partial charge in [0, 0.05) is 41.5 Å². The summed E-state index contributed by atoms with van der Waals surface area (Å²) in [5.41, 5.74) is 6.52. The highest BCUT2D eigenvalue weighted by Gasteiger charge is 2.28. The monoisotopic (exact) mass is 439 g/mol. The summed E-state index contributed by atoms with van der Waals surface area (Å²) in [7, 11) is 0. The number of amides is 2. The Balaban J connectivity index is 1.41. The van der Waals surface area contributed by atoms with Crippen LogP contribution < -0.4 is 10.7 Å². The summed E-state index contributed by atoms with van der Waals surface area (Å²) < 4.78 is 5.97. The van der Waals surface area contributed by atoms with E-state index in [-0.39, 0.29) is 17.6 Å². The van der Waals surface area contributed by atoms with E-state index in [0.29, 0.717) is 46.6 Å². The van der Waals surface area contributed by atoms with Crippen LogP contribution in [0.2, 0.25) is 0 Å². The molecule has 0 atom stereocenters. The summed E-state index contributed by atoms with van der Waals surface area (Å²) in [4.78, 5) is 33.8. The maximum Gasteiger partial charge on any atom is 0.291 e. The normalized spacial score (nSPS) is 14.2. The van der Waals surface area contributed by atoms with Gasteiger partial charge in [-0.25, -0.2) is 5.43 Å². The van der Waals surface area contributed by atoms with Crippen molar-refractivity contribution < 1.29 is 14.0 Å². The number of nitrogens with one attached hydrogen (secondary N) is 2. The molecule has 0 unspecified atom stereocenters. The van der Waals surface area contributed by atoms with Crippen LogP contribution >= 0.6 is 0 Å². The highest BCUT2D eigenvalue weighted by atomic mass is 16.4. The highest BCUT2D eigenvalue weighted by Crippen LogP contribution is 2.31. The van der Waals surface area contributed by atoms with Gasteiger partial charge >= 0.3 is 0 Å². The van der Waals surface area contributed by atoms with Gasteiger partial charge in [0.1, 0.15) is 5.76 Å². The lowest BCUT2D eigenvalue weighted by Crippen LogP contribution is -2.22. The predicted molar refractivity (Wildman–Crippen MR) is 124 cm³/mol. The van der Waals surface area contributed by atoms with Gasteiger partial charge in [-0.1, -0.05) is 18.2 Å². The van der Waals surface area contributed by atoms with Crippen LogP contribution in [0.3, 0.4) is 0 Å². The largest absolute Gasteiger partial charge is 0.455 e. The first-order valence-electron chi connectivity index (χ1n) is 10.7. The topological polar surface area (TPSA) is 109 Å². The first-order valence-corrected chi connectivity index (χ1v) is 10.7. The lowest BCUT2D eigenvalue weighted by atomic mass is 9.93. The van der Waals surface area contributed by atoms with Crippen LogP contribution in [-0.2, 0) is 6.42 Å². The van der Waals surface area contributed by atoms with Crippen molar-refractivity contribution in [3.63, 3.8) is 0 Å². The Bertz CT molecular complexity index is 1390.